The van der Waals surface area contributed by atoms with Crippen LogP contribution in [0.2, 0.25) is 18.6 Å². The number of anilines is 1. The highest BCUT2D eigenvalue weighted by Gasteiger charge is 2.51. The van der Waals surface area contributed by atoms with E-state index in [2.05, 4.69) is 0 Å². The van der Waals surface area contributed by atoms with Gasteiger partial charge in [0.2, 0.25) is 20.2 Å². The Bertz CT molecular complexity index is 1210. The lowest BCUT2D eigenvalue weighted by Gasteiger charge is -2.39. The number of carbonyl (C=O) groups excluding carboxylic acids is 3. The summed E-state index contributed by atoms with van der Waals surface area (Å²) in [6.45, 7) is 7.16. The monoisotopic (exact) mass is 584 g/mol. The molecular formula is C31H41FN2O6Si. The summed E-state index contributed by atoms with van der Waals surface area (Å²) < 4.78 is 27.2. The second-order valence-electron chi connectivity index (χ2n) is 11.6. The average molecular weight is 585 g/mol. The van der Waals surface area contributed by atoms with Crippen molar-refractivity contribution in [3.8, 4) is 0 Å². The first kappa shape index (κ1) is 30.9. The van der Waals surface area contributed by atoms with Gasteiger partial charge >= 0.3 is 5.97 Å². The van der Waals surface area contributed by atoms with E-state index in [4.69, 9.17) is 9.47 Å². The highest BCUT2D eigenvalue weighted by Crippen LogP contribution is 2.47. The second-order valence-corrected chi connectivity index (χ2v) is 15.4. The fraction of sp³-hybridized carbons (Fsp3) is 0.516. The standard InChI is InChI=1S/C31H41FN2O6Si/c1-21-26(15-12-23-10-13-25(14-11-23)34-29(38)19-30(34)39-22(2)36)40-27(31(21)41(3,4)32)18-28(37)33(16-17-35)20-24-8-6-5-7-9-24/h5-11,13-14,21,26-27,30-31,35H,12,15-20H2,1-4H3/t21-,26+,27-,30?,31+/m1/s1. The summed E-state index contributed by atoms with van der Waals surface area (Å²) in [6.07, 6.45) is 0.375. The molecule has 1 N–H and O–H groups in total. The average Bonchev–Trinajstić information content (AvgIpc) is 3.22. The fourth-order valence-electron chi connectivity index (χ4n) is 6.21. The second kappa shape index (κ2) is 13.3. The zero-order valence-electron chi connectivity index (χ0n) is 24.3. The Hall–Kier alpha value is -3.08. The van der Waals surface area contributed by atoms with Crippen LogP contribution in [0, 0.1) is 5.92 Å². The number of benzene rings is 2. The predicted octanol–water partition coefficient (Wildman–Crippen LogP) is 4.60. The maximum absolute atomic E-state index is 15.6. The van der Waals surface area contributed by atoms with Crippen molar-refractivity contribution in [2.24, 2.45) is 5.92 Å². The Balaban J connectivity index is 1.39. The van der Waals surface area contributed by atoms with E-state index in [9.17, 15) is 19.5 Å². The minimum Gasteiger partial charge on any atom is -0.441 e. The number of rotatable bonds is 12. The van der Waals surface area contributed by atoms with Crippen LogP contribution in [0.5, 0.6) is 0 Å². The Morgan fingerprint density at radius 3 is 2.37 bits per heavy atom. The zero-order chi connectivity index (χ0) is 29.7. The number of hydrogen-bond donors (Lipinski definition) is 1. The first-order valence-corrected chi connectivity index (χ1v) is 17.3. The summed E-state index contributed by atoms with van der Waals surface area (Å²) in [5.41, 5.74) is 2.37. The van der Waals surface area contributed by atoms with Gasteiger partial charge in [-0.05, 0) is 55.1 Å². The lowest BCUT2D eigenvalue weighted by molar-refractivity contribution is -0.154. The third-order valence-electron chi connectivity index (χ3n) is 8.15. The van der Waals surface area contributed by atoms with Gasteiger partial charge in [0.25, 0.3) is 0 Å². The van der Waals surface area contributed by atoms with E-state index >= 15 is 4.11 Å². The zero-order valence-corrected chi connectivity index (χ0v) is 25.3. The van der Waals surface area contributed by atoms with Crippen LogP contribution in [-0.4, -0.2) is 67.8 Å². The van der Waals surface area contributed by atoms with Crippen molar-refractivity contribution in [3.05, 3.63) is 65.7 Å². The highest BCUT2D eigenvalue weighted by atomic mass is 28.4. The van der Waals surface area contributed by atoms with Crippen LogP contribution in [-0.2, 0) is 36.8 Å². The van der Waals surface area contributed by atoms with Gasteiger partial charge in [0.1, 0.15) is 0 Å². The molecule has 2 saturated heterocycles. The molecule has 5 atom stereocenters. The molecule has 2 aromatic rings. The number of aryl methyl sites for hydroxylation is 1. The summed E-state index contributed by atoms with van der Waals surface area (Å²) in [7, 11) is -3.16. The Labute approximate surface area is 242 Å². The highest BCUT2D eigenvalue weighted by molar-refractivity contribution is 6.72. The van der Waals surface area contributed by atoms with Gasteiger partial charge in [-0.3, -0.25) is 19.3 Å². The molecule has 41 heavy (non-hydrogen) atoms. The third-order valence-corrected chi connectivity index (χ3v) is 10.6. The van der Waals surface area contributed by atoms with Crippen LogP contribution in [0.25, 0.3) is 0 Å². The minimum absolute atomic E-state index is 0.0395. The molecule has 0 saturated carbocycles. The molecule has 222 valence electrons. The van der Waals surface area contributed by atoms with Crippen LogP contribution in [0.3, 0.4) is 0 Å². The molecule has 2 aromatic carbocycles. The molecule has 2 fully saturated rings. The summed E-state index contributed by atoms with van der Waals surface area (Å²) in [5.74, 6) is -0.706. The minimum atomic E-state index is -3.16. The molecule has 2 aliphatic heterocycles. The van der Waals surface area contributed by atoms with Crippen LogP contribution < -0.4 is 4.90 Å². The number of nitrogens with zero attached hydrogens (tertiary/aromatic N) is 2. The van der Waals surface area contributed by atoms with Gasteiger partial charge in [0.05, 0.1) is 31.7 Å². The first-order valence-electron chi connectivity index (χ1n) is 14.3. The number of ether oxygens (including phenoxy) is 2. The maximum Gasteiger partial charge on any atom is 0.304 e. The van der Waals surface area contributed by atoms with Crippen molar-refractivity contribution in [1.29, 1.82) is 0 Å². The van der Waals surface area contributed by atoms with E-state index in [1.165, 1.54) is 11.8 Å². The molecule has 4 rings (SSSR count). The summed E-state index contributed by atoms with van der Waals surface area (Å²) in [6, 6.07) is 17.2. The van der Waals surface area contributed by atoms with Gasteiger partial charge in [-0.25, -0.2) is 0 Å². The van der Waals surface area contributed by atoms with Gasteiger partial charge < -0.3 is 23.6 Å². The Kier molecular flexibility index (Phi) is 9.99. The molecule has 1 unspecified atom stereocenters. The lowest BCUT2D eigenvalue weighted by atomic mass is 9.95. The van der Waals surface area contributed by atoms with Crippen molar-refractivity contribution in [2.45, 2.75) is 83.1 Å². The topological polar surface area (TPSA) is 96.4 Å². The molecule has 8 nitrogen and oxygen atoms in total. The number of aliphatic hydroxyl groups excluding tert-OH is 1. The number of hydrogen-bond acceptors (Lipinski definition) is 6. The van der Waals surface area contributed by atoms with Gasteiger partial charge in [0.15, 0.2) is 6.23 Å². The Morgan fingerprint density at radius 2 is 1.78 bits per heavy atom. The lowest BCUT2D eigenvalue weighted by Crippen LogP contribution is -2.54. The molecule has 0 spiro atoms. The summed E-state index contributed by atoms with van der Waals surface area (Å²) in [5, 5.41) is 9.58. The van der Waals surface area contributed by atoms with Gasteiger partial charge in [-0.15, -0.1) is 0 Å². The first-order chi connectivity index (χ1) is 19.5. The van der Waals surface area contributed by atoms with E-state index in [0.717, 1.165) is 11.1 Å². The molecule has 0 radical (unpaired) electrons. The molecule has 2 amide bonds. The molecular weight excluding hydrogens is 543 g/mol. The van der Waals surface area contributed by atoms with Gasteiger partial charge in [-0.1, -0.05) is 49.4 Å². The van der Waals surface area contributed by atoms with E-state index in [0.29, 0.717) is 25.1 Å². The number of amides is 2. The van der Waals surface area contributed by atoms with E-state index in [1.54, 1.807) is 18.0 Å². The summed E-state index contributed by atoms with van der Waals surface area (Å²) in [4.78, 5) is 39.8. The predicted molar refractivity (Wildman–Crippen MR) is 156 cm³/mol. The normalized spacial score (nSPS) is 24.2. The van der Waals surface area contributed by atoms with Crippen molar-refractivity contribution in [1.82, 2.24) is 4.90 Å². The van der Waals surface area contributed by atoms with Crippen LogP contribution in [0.4, 0.5) is 9.80 Å². The molecule has 2 aliphatic rings. The van der Waals surface area contributed by atoms with Crippen molar-refractivity contribution in [3.63, 3.8) is 0 Å². The smallest absolute Gasteiger partial charge is 0.304 e. The fourth-order valence-corrected chi connectivity index (χ4v) is 8.75. The number of aliphatic hydroxyl groups is 1. The third kappa shape index (κ3) is 7.61. The SMILES string of the molecule is CC(=O)OC1CC(=O)N1c1ccc(CC[C@@H]2O[C@H](CC(=O)N(CCO)Cc3ccccc3)[C@@H]([Si](C)(C)F)[C@@H]2C)cc1. The largest absolute Gasteiger partial charge is 0.441 e. The Morgan fingerprint density at radius 1 is 1.10 bits per heavy atom. The van der Waals surface area contributed by atoms with E-state index in [1.807, 2.05) is 61.5 Å². The summed E-state index contributed by atoms with van der Waals surface area (Å²) >= 11 is 0. The quantitative estimate of drug-likeness (QED) is 0.170. The van der Waals surface area contributed by atoms with Crippen LogP contribution in [0.1, 0.15) is 44.2 Å². The van der Waals surface area contributed by atoms with Crippen LogP contribution in [0.15, 0.2) is 54.6 Å². The number of β-lactam (4-membered cyclic amide) rings is 1. The van der Waals surface area contributed by atoms with Crippen molar-refractivity contribution in [2.75, 3.05) is 18.1 Å². The number of esters is 1. The molecule has 0 aliphatic carbocycles. The van der Waals surface area contributed by atoms with Gasteiger partial charge in [0, 0.05) is 31.2 Å². The molecule has 2 heterocycles. The molecule has 0 bridgehead atoms. The van der Waals surface area contributed by atoms with E-state index in [-0.39, 0.29) is 55.4 Å². The molecule has 10 heteroatoms. The van der Waals surface area contributed by atoms with Crippen molar-refractivity contribution >= 4 is 31.9 Å². The van der Waals surface area contributed by atoms with Crippen LogP contribution >= 0.6 is 0 Å². The number of carbonyl (C=O) groups is 3. The van der Waals surface area contributed by atoms with E-state index < -0.39 is 26.7 Å². The van der Waals surface area contributed by atoms with Crippen molar-refractivity contribution < 1.29 is 33.1 Å². The molecule has 0 aromatic heterocycles. The maximum atomic E-state index is 15.6. The van der Waals surface area contributed by atoms with Gasteiger partial charge in [-0.2, -0.15) is 0 Å². The number of halogens is 1.